The molecule has 29 heavy (non-hydrogen) atoms. The van der Waals surface area contributed by atoms with Gasteiger partial charge in [-0.1, -0.05) is 6.07 Å². The fraction of sp³-hybridized carbons (Fsp3) is 0.421. The summed E-state index contributed by atoms with van der Waals surface area (Å²) in [6.45, 7) is 6.73. The Hall–Kier alpha value is -0.810. The summed E-state index contributed by atoms with van der Waals surface area (Å²) < 4.78 is 68.5. The predicted molar refractivity (Wildman–Crippen MR) is 104 cm³/mol. The molecule has 2 aromatic rings. The first-order valence-electron chi connectivity index (χ1n) is 8.90. The maximum atomic E-state index is 11.3. The summed E-state index contributed by atoms with van der Waals surface area (Å²) in [6, 6.07) is 8.07. The molecule has 1 aliphatic heterocycles. The Morgan fingerprint density at radius 2 is 1.66 bits per heavy atom. The largest absolute Gasteiger partial charge is 1.00 e. The van der Waals surface area contributed by atoms with E-state index in [0.717, 1.165) is 22.3 Å². The number of rotatable bonds is 6. The Labute approximate surface area is 193 Å². The fourth-order valence-corrected chi connectivity index (χ4v) is 4.93. The summed E-state index contributed by atoms with van der Waals surface area (Å²) in [6.07, 6.45) is 0.851. The maximum absolute atomic E-state index is 11.3. The zero-order valence-corrected chi connectivity index (χ0v) is 20.6. The zero-order valence-electron chi connectivity index (χ0n) is 16.9. The molecule has 152 valence electrons. The Morgan fingerprint density at radius 3 is 2.24 bits per heavy atom. The van der Waals surface area contributed by atoms with Crippen molar-refractivity contribution in [3.63, 3.8) is 0 Å². The molecule has 3 rings (SSSR count). The number of nitrogens with zero attached hydrogens (tertiary/aromatic N) is 1. The van der Waals surface area contributed by atoms with Crippen LogP contribution in [-0.2, 0) is 25.7 Å². The molecule has 0 spiro atoms. The van der Waals surface area contributed by atoms with Crippen molar-refractivity contribution >= 4 is 42.4 Å². The molecule has 10 heteroatoms. The van der Waals surface area contributed by atoms with Gasteiger partial charge in [0.15, 0.2) is 5.71 Å². The van der Waals surface area contributed by atoms with Crippen LogP contribution in [0.5, 0.6) is 0 Å². The van der Waals surface area contributed by atoms with Gasteiger partial charge in [0.05, 0.1) is 20.4 Å². The third-order valence-electron chi connectivity index (χ3n) is 5.51. The first-order valence-corrected chi connectivity index (χ1v) is 11.9. The van der Waals surface area contributed by atoms with Crippen molar-refractivity contribution in [3.05, 3.63) is 35.9 Å². The normalized spacial score (nSPS) is 16.0. The number of fused-ring (bicyclic) bond motifs is 3. The van der Waals surface area contributed by atoms with Crippen LogP contribution in [0.1, 0.15) is 39.2 Å². The average Bonchev–Trinajstić information content (AvgIpc) is 2.77. The van der Waals surface area contributed by atoms with Gasteiger partial charge in [-0.25, -0.2) is 16.8 Å². The van der Waals surface area contributed by atoms with Crippen molar-refractivity contribution in [1.29, 1.82) is 0 Å². The molecule has 0 unspecified atom stereocenters. The predicted octanol–water partition coefficient (Wildman–Crippen LogP) is -0.531. The number of hydrogen-bond acceptors (Lipinski definition) is 6. The van der Waals surface area contributed by atoms with E-state index in [4.69, 9.17) is 0 Å². The van der Waals surface area contributed by atoms with Gasteiger partial charge in [-0.15, -0.1) is 0 Å². The molecule has 7 nitrogen and oxygen atoms in total. The van der Waals surface area contributed by atoms with Gasteiger partial charge in [-0.05, 0) is 49.2 Å². The average molecular weight is 448 g/mol. The monoisotopic (exact) mass is 447 g/mol. The molecule has 0 radical (unpaired) electrons. The Kier molecular flexibility index (Phi) is 7.06. The summed E-state index contributed by atoms with van der Waals surface area (Å²) in [5, 5.41) is 1.55. The molecule has 0 bridgehead atoms. The number of benzene rings is 2. The minimum Gasteiger partial charge on any atom is -0.748 e. The van der Waals surface area contributed by atoms with Crippen molar-refractivity contribution in [1.82, 2.24) is 0 Å². The minimum absolute atomic E-state index is 0. The van der Waals surface area contributed by atoms with E-state index in [1.807, 2.05) is 13.0 Å². The van der Waals surface area contributed by atoms with Crippen LogP contribution < -0.4 is 29.6 Å². The molecular formula is C19H22NNaO6S2. The second-order valence-corrected chi connectivity index (χ2v) is 10.5. The molecule has 2 aromatic carbocycles. The molecule has 0 fully saturated rings. The topological polar surface area (TPSA) is 117 Å². The minimum atomic E-state index is -4.53. The number of hydrogen-bond donors (Lipinski definition) is 0. The van der Waals surface area contributed by atoms with Crippen molar-refractivity contribution in [2.75, 3.05) is 12.3 Å². The van der Waals surface area contributed by atoms with Gasteiger partial charge in [0, 0.05) is 30.7 Å². The van der Waals surface area contributed by atoms with E-state index in [-0.39, 0.29) is 45.6 Å². The molecule has 0 aromatic heterocycles. The SMILES string of the molecule is CC1=[N+](CCCCS(=O)(=O)[O-])c2ccc3cc(S(=O)(=O)[O-])ccc3c2C1(C)C.[Na+]. The molecule has 0 amide bonds. The first-order chi connectivity index (χ1) is 12.8. The van der Waals surface area contributed by atoms with Gasteiger partial charge in [0.1, 0.15) is 16.7 Å². The van der Waals surface area contributed by atoms with E-state index < -0.39 is 20.2 Å². The van der Waals surface area contributed by atoms with Crippen LogP contribution in [0.25, 0.3) is 10.8 Å². The molecule has 0 N–H and O–H groups in total. The van der Waals surface area contributed by atoms with Crippen LogP contribution in [0.15, 0.2) is 35.2 Å². The van der Waals surface area contributed by atoms with Crippen molar-refractivity contribution in [3.8, 4) is 0 Å². The molecule has 1 aliphatic rings. The smallest absolute Gasteiger partial charge is 0.748 e. The molecular weight excluding hydrogens is 425 g/mol. The van der Waals surface area contributed by atoms with E-state index in [1.54, 1.807) is 12.1 Å². The third-order valence-corrected chi connectivity index (χ3v) is 7.13. The first kappa shape index (κ1) is 24.5. The molecule has 0 saturated carbocycles. The van der Waals surface area contributed by atoms with Gasteiger partial charge >= 0.3 is 29.6 Å². The Bertz CT molecular complexity index is 1200. The van der Waals surface area contributed by atoms with Crippen LogP contribution in [0.2, 0.25) is 0 Å². The number of unbranched alkanes of at least 4 members (excludes halogenated alkanes) is 1. The summed E-state index contributed by atoms with van der Waals surface area (Å²) in [5.74, 6) is -0.375. The molecule has 0 aliphatic carbocycles. The van der Waals surface area contributed by atoms with Crippen LogP contribution in [0.4, 0.5) is 5.69 Å². The van der Waals surface area contributed by atoms with E-state index in [2.05, 4.69) is 18.4 Å². The van der Waals surface area contributed by atoms with E-state index >= 15 is 0 Å². The molecule has 0 saturated heterocycles. The van der Waals surface area contributed by atoms with Crippen LogP contribution >= 0.6 is 0 Å². The fourth-order valence-electron chi connectivity index (χ4n) is 3.87. The van der Waals surface area contributed by atoms with Crippen LogP contribution in [0.3, 0.4) is 0 Å². The van der Waals surface area contributed by atoms with Gasteiger partial charge in [-0.3, -0.25) is 0 Å². The van der Waals surface area contributed by atoms with Crippen LogP contribution in [-0.4, -0.2) is 48.5 Å². The van der Waals surface area contributed by atoms with Gasteiger partial charge in [0.25, 0.3) is 0 Å². The van der Waals surface area contributed by atoms with E-state index in [1.165, 1.54) is 12.1 Å². The second-order valence-electron chi connectivity index (χ2n) is 7.63. The van der Waals surface area contributed by atoms with Gasteiger partial charge in [0.2, 0.25) is 5.69 Å². The zero-order chi connectivity index (χ0) is 20.9. The maximum Gasteiger partial charge on any atom is 1.00 e. The molecule has 0 atom stereocenters. The Balaban J connectivity index is 0.00000300. The van der Waals surface area contributed by atoms with Crippen LogP contribution in [0, 0.1) is 0 Å². The summed E-state index contributed by atoms with van der Waals surface area (Å²) in [5.41, 5.74) is 2.77. The summed E-state index contributed by atoms with van der Waals surface area (Å²) >= 11 is 0. The standard InChI is InChI=1S/C19H23NO6S2.Na/c1-13-19(2,3)18-16-8-7-15(28(24,25)26)12-14(16)6-9-17(18)20(13)10-4-5-11-27(21,22)23;/h6-9,12H,4-5,10-11H2,1-3H3,(H-,21,22,23,24,25,26);/q;+1/p-1. The van der Waals surface area contributed by atoms with Crippen molar-refractivity contribution in [2.45, 2.75) is 43.9 Å². The van der Waals surface area contributed by atoms with Crippen molar-refractivity contribution < 1.29 is 60.1 Å². The van der Waals surface area contributed by atoms with Crippen molar-refractivity contribution in [2.24, 2.45) is 0 Å². The third kappa shape index (κ3) is 4.92. The Morgan fingerprint density at radius 1 is 1.00 bits per heavy atom. The second kappa shape index (κ2) is 8.37. The summed E-state index contributed by atoms with van der Waals surface area (Å²) in [4.78, 5) is -0.257. The van der Waals surface area contributed by atoms with Gasteiger partial charge in [-0.2, -0.15) is 4.58 Å². The van der Waals surface area contributed by atoms with E-state index in [9.17, 15) is 25.9 Å². The summed E-state index contributed by atoms with van der Waals surface area (Å²) in [7, 11) is -8.74. The molecule has 1 heterocycles. The van der Waals surface area contributed by atoms with E-state index in [0.29, 0.717) is 24.8 Å². The van der Waals surface area contributed by atoms with Gasteiger partial charge < -0.3 is 9.11 Å². The quantitative estimate of drug-likeness (QED) is 0.254.